The van der Waals surface area contributed by atoms with E-state index in [-0.39, 0.29) is 0 Å². The molecule has 0 saturated heterocycles. The Morgan fingerprint density at radius 1 is 0.950 bits per heavy atom. The summed E-state index contributed by atoms with van der Waals surface area (Å²) in [6.07, 6.45) is 3.32. The lowest BCUT2D eigenvalue weighted by atomic mass is 10.2. The Morgan fingerprint density at radius 2 is 1.75 bits per heavy atom. The minimum Gasteiger partial charge on any atom is -0.249 e. The third-order valence-corrected chi connectivity index (χ3v) is 4.20. The lowest BCUT2D eigenvalue weighted by Gasteiger charge is -2.09. The molecule has 0 unspecified atom stereocenters. The number of hydrogen-bond acceptors (Lipinski definition) is 3. The quantitative estimate of drug-likeness (QED) is 0.669. The van der Waals surface area contributed by atoms with Crippen LogP contribution in [0.4, 0.5) is 0 Å². The fourth-order valence-electron chi connectivity index (χ4n) is 2.00. The third kappa shape index (κ3) is 3.27. The third-order valence-electron chi connectivity index (χ3n) is 3.01. The summed E-state index contributed by atoms with van der Waals surface area (Å²) in [6, 6.07) is 19.0. The Hall–Kier alpha value is -2.07. The zero-order valence-corrected chi connectivity index (χ0v) is 11.8. The van der Waals surface area contributed by atoms with Gasteiger partial charge >= 0.3 is 0 Å². The highest BCUT2D eigenvalue weighted by Crippen LogP contribution is 2.26. The van der Waals surface area contributed by atoms with Crippen LogP contribution in [-0.4, -0.2) is 14.8 Å². The molecule has 0 N–H and O–H groups in total. The number of benzene rings is 2. The molecule has 3 rings (SSSR count). The molecule has 20 heavy (non-hydrogen) atoms. The van der Waals surface area contributed by atoms with E-state index in [2.05, 4.69) is 58.6 Å². The molecule has 3 nitrogen and oxygen atoms in total. The molecular weight excluding hydrogens is 266 g/mol. The first-order valence-corrected chi connectivity index (χ1v) is 7.47. The maximum absolute atomic E-state index is 4.17. The van der Waals surface area contributed by atoms with Gasteiger partial charge in [0, 0.05) is 10.6 Å². The molecular formula is C16H15N3S. The summed E-state index contributed by atoms with van der Waals surface area (Å²) in [5, 5.41) is 4.17. The van der Waals surface area contributed by atoms with Gasteiger partial charge in [0.05, 0.1) is 6.54 Å². The number of rotatable bonds is 5. The second-order valence-electron chi connectivity index (χ2n) is 4.48. The molecule has 0 radical (unpaired) electrons. The van der Waals surface area contributed by atoms with Crippen molar-refractivity contribution in [2.24, 2.45) is 0 Å². The summed E-state index contributed by atoms with van der Waals surface area (Å²) < 4.78 is 1.85. The first-order chi connectivity index (χ1) is 9.92. The van der Waals surface area contributed by atoms with Crippen LogP contribution in [0.25, 0.3) is 0 Å². The summed E-state index contributed by atoms with van der Waals surface area (Å²) in [6.45, 7) is 0.762. The summed E-state index contributed by atoms with van der Waals surface area (Å²) >= 11 is 1.86. The highest BCUT2D eigenvalue weighted by molar-refractivity contribution is 7.98. The van der Waals surface area contributed by atoms with Crippen molar-refractivity contribution >= 4 is 11.8 Å². The van der Waals surface area contributed by atoms with E-state index in [1.54, 1.807) is 12.7 Å². The normalized spacial score (nSPS) is 10.6. The molecule has 0 spiro atoms. The van der Waals surface area contributed by atoms with Crippen LogP contribution in [0.15, 0.2) is 72.1 Å². The molecule has 0 aliphatic carbocycles. The van der Waals surface area contributed by atoms with E-state index in [1.165, 1.54) is 16.0 Å². The van der Waals surface area contributed by atoms with Gasteiger partial charge in [-0.15, -0.1) is 11.8 Å². The van der Waals surface area contributed by atoms with Gasteiger partial charge in [0.2, 0.25) is 0 Å². The zero-order valence-electron chi connectivity index (χ0n) is 11.0. The molecule has 1 heterocycles. The Bertz CT molecular complexity index is 651. The van der Waals surface area contributed by atoms with E-state index >= 15 is 0 Å². The average Bonchev–Trinajstić information content (AvgIpc) is 3.00. The molecule has 0 aliphatic heterocycles. The molecule has 0 atom stereocenters. The first-order valence-electron chi connectivity index (χ1n) is 6.49. The summed E-state index contributed by atoms with van der Waals surface area (Å²) in [5.41, 5.74) is 2.62. The zero-order chi connectivity index (χ0) is 13.6. The van der Waals surface area contributed by atoms with E-state index in [1.807, 2.05) is 22.5 Å². The topological polar surface area (TPSA) is 30.7 Å². The molecule has 0 saturated carbocycles. The van der Waals surface area contributed by atoms with E-state index in [4.69, 9.17) is 0 Å². The second kappa shape index (κ2) is 6.39. The molecule has 0 fully saturated rings. The van der Waals surface area contributed by atoms with Crippen molar-refractivity contribution in [1.82, 2.24) is 14.8 Å². The fourth-order valence-corrected chi connectivity index (χ4v) is 3.01. The molecule has 3 aromatic rings. The number of aromatic nitrogens is 3. The Kier molecular flexibility index (Phi) is 4.13. The predicted octanol–water partition coefficient (Wildman–Crippen LogP) is 3.62. The fraction of sp³-hybridized carbons (Fsp3) is 0.125. The maximum Gasteiger partial charge on any atom is 0.137 e. The van der Waals surface area contributed by atoms with Crippen molar-refractivity contribution in [3.05, 3.63) is 78.4 Å². The molecule has 1 aromatic heterocycles. The van der Waals surface area contributed by atoms with Crippen LogP contribution in [0, 0.1) is 0 Å². The van der Waals surface area contributed by atoms with Crippen molar-refractivity contribution in [3.63, 3.8) is 0 Å². The van der Waals surface area contributed by atoms with Gasteiger partial charge in [-0.1, -0.05) is 48.5 Å². The van der Waals surface area contributed by atoms with Gasteiger partial charge in [0.25, 0.3) is 0 Å². The van der Waals surface area contributed by atoms with Crippen LogP contribution < -0.4 is 0 Å². The lowest BCUT2D eigenvalue weighted by Crippen LogP contribution is -2.01. The number of hydrogen-bond donors (Lipinski definition) is 0. The van der Waals surface area contributed by atoms with Gasteiger partial charge < -0.3 is 0 Å². The highest BCUT2D eigenvalue weighted by Gasteiger charge is 2.04. The van der Waals surface area contributed by atoms with Crippen molar-refractivity contribution in [2.75, 3.05) is 0 Å². The first kappa shape index (κ1) is 12.9. The molecule has 2 aromatic carbocycles. The molecule has 4 heteroatoms. The Morgan fingerprint density at radius 3 is 2.55 bits per heavy atom. The predicted molar refractivity (Wildman–Crippen MR) is 81.6 cm³/mol. The summed E-state index contributed by atoms with van der Waals surface area (Å²) in [4.78, 5) is 5.28. The standard InChI is InChI=1S/C16H15N3S/c1-2-6-14(7-3-1)11-20-16-9-5-4-8-15(16)10-19-13-17-12-18-19/h1-9,12-13H,10-11H2. The van der Waals surface area contributed by atoms with Crippen molar-refractivity contribution < 1.29 is 0 Å². The van der Waals surface area contributed by atoms with Crippen molar-refractivity contribution in [1.29, 1.82) is 0 Å². The highest BCUT2D eigenvalue weighted by atomic mass is 32.2. The van der Waals surface area contributed by atoms with Crippen LogP contribution in [-0.2, 0) is 12.3 Å². The largest absolute Gasteiger partial charge is 0.249 e. The van der Waals surface area contributed by atoms with Crippen molar-refractivity contribution in [2.45, 2.75) is 17.2 Å². The second-order valence-corrected chi connectivity index (χ2v) is 5.49. The Labute approximate surface area is 122 Å². The van der Waals surface area contributed by atoms with Crippen LogP contribution in [0.1, 0.15) is 11.1 Å². The van der Waals surface area contributed by atoms with E-state index in [0.717, 1.165) is 12.3 Å². The van der Waals surface area contributed by atoms with Gasteiger partial charge in [0.1, 0.15) is 12.7 Å². The summed E-state index contributed by atoms with van der Waals surface area (Å²) in [5.74, 6) is 0.981. The molecule has 0 bridgehead atoms. The minimum atomic E-state index is 0.762. The number of nitrogens with zero attached hydrogens (tertiary/aromatic N) is 3. The molecule has 0 amide bonds. The van der Waals surface area contributed by atoms with Crippen LogP contribution in [0.3, 0.4) is 0 Å². The minimum absolute atomic E-state index is 0.762. The van der Waals surface area contributed by atoms with E-state index in [9.17, 15) is 0 Å². The van der Waals surface area contributed by atoms with Gasteiger partial charge in [-0.2, -0.15) is 5.10 Å². The summed E-state index contributed by atoms with van der Waals surface area (Å²) in [7, 11) is 0. The Balaban J connectivity index is 1.73. The van der Waals surface area contributed by atoms with Crippen LogP contribution in [0.5, 0.6) is 0 Å². The SMILES string of the molecule is c1ccc(CSc2ccccc2Cn2cncn2)cc1. The van der Waals surface area contributed by atoms with Gasteiger partial charge in [-0.3, -0.25) is 0 Å². The van der Waals surface area contributed by atoms with Crippen LogP contribution in [0.2, 0.25) is 0 Å². The monoisotopic (exact) mass is 281 g/mol. The van der Waals surface area contributed by atoms with Crippen molar-refractivity contribution in [3.8, 4) is 0 Å². The average molecular weight is 281 g/mol. The smallest absolute Gasteiger partial charge is 0.137 e. The maximum atomic E-state index is 4.17. The van der Waals surface area contributed by atoms with E-state index < -0.39 is 0 Å². The molecule has 100 valence electrons. The van der Waals surface area contributed by atoms with E-state index in [0.29, 0.717) is 0 Å². The lowest BCUT2D eigenvalue weighted by molar-refractivity contribution is 0.677. The van der Waals surface area contributed by atoms with Gasteiger partial charge in [0.15, 0.2) is 0 Å². The van der Waals surface area contributed by atoms with Gasteiger partial charge in [-0.05, 0) is 17.2 Å². The molecule has 0 aliphatic rings. The van der Waals surface area contributed by atoms with Crippen LogP contribution >= 0.6 is 11.8 Å². The number of thioether (sulfide) groups is 1. The van der Waals surface area contributed by atoms with Gasteiger partial charge in [-0.25, -0.2) is 9.67 Å².